The van der Waals surface area contributed by atoms with Gasteiger partial charge in [0.1, 0.15) is 0 Å². The molecule has 2 aliphatic heterocycles. The smallest absolute Gasteiger partial charge is 0.409 e. The van der Waals surface area contributed by atoms with Crippen LogP contribution in [0.5, 0.6) is 0 Å². The maximum Gasteiger partial charge on any atom is 0.409 e. The predicted octanol–water partition coefficient (Wildman–Crippen LogP) is 2.60. The van der Waals surface area contributed by atoms with Crippen molar-refractivity contribution in [3.05, 3.63) is 0 Å². The van der Waals surface area contributed by atoms with Crippen LogP contribution in [-0.2, 0) is 4.74 Å². The van der Waals surface area contributed by atoms with Gasteiger partial charge < -0.3 is 15.0 Å². The molecule has 0 aromatic rings. The van der Waals surface area contributed by atoms with Gasteiger partial charge in [0.25, 0.3) is 0 Å². The molecule has 2 heterocycles. The number of ether oxygens (including phenoxy) is 1. The number of piperidine rings is 1. The highest BCUT2D eigenvalue weighted by molar-refractivity contribution is 5.87. The van der Waals surface area contributed by atoms with E-state index in [0.717, 1.165) is 49.5 Å². The molecule has 1 spiro atoms. The van der Waals surface area contributed by atoms with Crippen molar-refractivity contribution < 1.29 is 9.53 Å². The molecule has 4 rings (SSSR count). The van der Waals surface area contributed by atoms with Gasteiger partial charge in [-0.25, -0.2) is 4.79 Å². The first-order valence-electron chi connectivity index (χ1n) is 9.30. The van der Waals surface area contributed by atoms with Crippen LogP contribution in [0, 0.1) is 28.6 Å². The van der Waals surface area contributed by atoms with E-state index in [2.05, 4.69) is 11.8 Å². The third-order valence-electron chi connectivity index (χ3n) is 6.82. The van der Waals surface area contributed by atoms with Crippen molar-refractivity contribution in [1.82, 2.24) is 9.80 Å². The zero-order chi connectivity index (χ0) is 16.2. The summed E-state index contributed by atoms with van der Waals surface area (Å²) in [5.74, 6) is 2.16. The van der Waals surface area contributed by atoms with Crippen LogP contribution in [0.4, 0.5) is 4.79 Å². The number of carbonyl (C=O) groups is 1. The lowest BCUT2D eigenvalue weighted by Gasteiger charge is -2.49. The van der Waals surface area contributed by atoms with Gasteiger partial charge in [-0.1, -0.05) is 6.92 Å². The Morgan fingerprint density at radius 3 is 2.57 bits per heavy atom. The van der Waals surface area contributed by atoms with Gasteiger partial charge in [0, 0.05) is 43.9 Å². The lowest BCUT2D eigenvalue weighted by molar-refractivity contribution is 0.0115. The topological polar surface area (TPSA) is 56.6 Å². The fourth-order valence-corrected chi connectivity index (χ4v) is 5.45. The van der Waals surface area contributed by atoms with E-state index >= 15 is 0 Å². The number of fused-ring (bicyclic) bond motifs is 1. The summed E-state index contributed by atoms with van der Waals surface area (Å²) in [7, 11) is 0. The van der Waals surface area contributed by atoms with Crippen LogP contribution >= 0.6 is 0 Å². The number of rotatable bonds is 4. The molecule has 0 aromatic heterocycles. The second-order valence-electron chi connectivity index (χ2n) is 8.12. The third-order valence-corrected chi connectivity index (χ3v) is 6.82. The van der Waals surface area contributed by atoms with Gasteiger partial charge in [-0.2, -0.15) is 0 Å². The fraction of sp³-hybridized carbons (Fsp3) is 0.889. The lowest BCUT2D eigenvalue weighted by Crippen LogP contribution is -2.52. The summed E-state index contributed by atoms with van der Waals surface area (Å²) >= 11 is 0. The van der Waals surface area contributed by atoms with Gasteiger partial charge in [-0.15, -0.1) is 0 Å². The quantitative estimate of drug-likeness (QED) is 0.810. The third kappa shape index (κ3) is 2.48. The molecule has 3 atom stereocenters. The first-order valence-corrected chi connectivity index (χ1v) is 9.30. The number of amides is 1. The zero-order valence-corrected chi connectivity index (χ0v) is 14.4. The summed E-state index contributed by atoms with van der Waals surface area (Å²) in [6.45, 7) is 8.63. The maximum absolute atomic E-state index is 11.9. The van der Waals surface area contributed by atoms with Crippen molar-refractivity contribution in [3.8, 4) is 0 Å². The van der Waals surface area contributed by atoms with Gasteiger partial charge in [0.05, 0.1) is 6.61 Å². The average molecular weight is 319 g/mol. The van der Waals surface area contributed by atoms with E-state index in [1.54, 1.807) is 0 Å². The molecule has 2 saturated heterocycles. The fourth-order valence-electron chi connectivity index (χ4n) is 5.45. The average Bonchev–Trinajstić information content (AvgIpc) is 2.91. The van der Waals surface area contributed by atoms with Crippen molar-refractivity contribution in [2.75, 3.05) is 32.8 Å². The molecule has 2 saturated carbocycles. The highest BCUT2D eigenvalue weighted by Gasteiger charge is 2.60. The molecular formula is C18H29N3O2. The first-order chi connectivity index (χ1) is 11.1. The highest BCUT2D eigenvalue weighted by atomic mass is 16.6. The number of hydrogen-bond donors (Lipinski definition) is 1. The van der Waals surface area contributed by atoms with Crippen LogP contribution in [0.2, 0.25) is 0 Å². The Balaban J connectivity index is 1.24. The Labute approximate surface area is 138 Å². The summed E-state index contributed by atoms with van der Waals surface area (Å²) in [6.07, 6.45) is 4.44. The van der Waals surface area contributed by atoms with Crippen molar-refractivity contribution >= 4 is 11.8 Å². The minimum absolute atomic E-state index is 0.129. The Kier molecular flexibility index (Phi) is 3.67. The Morgan fingerprint density at radius 2 is 1.96 bits per heavy atom. The lowest BCUT2D eigenvalue weighted by atomic mass is 9.64. The molecule has 5 nitrogen and oxygen atoms in total. The van der Waals surface area contributed by atoms with Crippen molar-refractivity contribution in [3.63, 3.8) is 0 Å². The van der Waals surface area contributed by atoms with Gasteiger partial charge in [-0.3, -0.25) is 4.90 Å². The first kappa shape index (κ1) is 15.4. The molecule has 4 aliphatic rings. The van der Waals surface area contributed by atoms with Gasteiger partial charge in [0.2, 0.25) is 0 Å². The number of hydrogen-bond acceptors (Lipinski definition) is 4. The molecule has 23 heavy (non-hydrogen) atoms. The van der Waals surface area contributed by atoms with Crippen molar-refractivity contribution in [1.29, 1.82) is 5.41 Å². The van der Waals surface area contributed by atoms with Gasteiger partial charge in [-0.05, 0) is 49.9 Å². The number of likely N-dealkylation sites (tertiary alicyclic amines) is 2. The molecule has 0 unspecified atom stereocenters. The molecule has 0 aromatic carbocycles. The van der Waals surface area contributed by atoms with Crippen LogP contribution in [-0.4, -0.2) is 60.4 Å². The van der Waals surface area contributed by atoms with E-state index in [1.807, 2.05) is 11.8 Å². The molecular weight excluding hydrogens is 290 g/mol. The number of carbonyl (C=O) groups excluding carboxylic acids is 1. The normalized spacial score (nSPS) is 41.7. The molecule has 1 N–H and O–H groups in total. The molecule has 4 fully saturated rings. The Bertz CT molecular complexity index is 502. The molecule has 2 aliphatic carbocycles. The molecule has 5 heteroatoms. The van der Waals surface area contributed by atoms with E-state index in [1.165, 1.54) is 25.9 Å². The standard InChI is InChI=1S/C18H29N3O2/c1-3-15(19)16-13-9-21(10-14(13)16)12-7-18(8-12)5-6-20(11-18)17(22)23-4-2/h12-14,16,19H,3-11H2,1-2H3/t12?,13-,14+,16+,18?. The van der Waals surface area contributed by atoms with E-state index in [-0.39, 0.29) is 6.09 Å². The second-order valence-corrected chi connectivity index (χ2v) is 8.12. The summed E-state index contributed by atoms with van der Waals surface area (Å²) < 4.78 is 5.14. The zero-order valence-electron chi connectivity index (χ0n) is 14.4. The number of nitrogens with zero attached hydrogens (tertiary/aromatic N) is 2. The maximum atomic E-state index is 11.9. The van der Waals surface area contributed by atoms with Crippen molar-refractivity contribution in [2.45, 2.75) is 45.6 Å². The summed E-state index contributed by atoms with van der Waals surface area (Å²) in [5.41, 5.74) is 1.35. The SMILES string of the molecule is CCOC(=O)N1CCC2(CC(N3C[C@@H]4[C@H](C3)[C@H]4C(=N)CC)C2)C1. The van der Waals surface area contributed by atoms with Crippen LogP contribution in [0.3, 0.4) is 0 Å². The van der Waals surface area contributed by atoms with Crippen LogP contribution in [0.25, 0.3) is 0 Å². The highest BCUT2D eigenvalue weighted by Crippen LogP contribution is 2.57. The van der Waals surface area contributed by atoms with Gasteiger partial charge in [0.15, 0.2) is 0 Å². The van der Waals surface area contributed by atoms with Crippen LogP contribution in [0.15, 0.2) is 0 Å². The Hall–Kier alpha value is -1.10. The second kappa shape index (κ2) is 5.47. The van der Waals surface area contributed by atoms with E-state index in [4.69, 9.17) is 10.1 Å². The summed E-state index contributed by atoms with van der Waals surface area (Å²) in [4.78, 5) is 16.4. The number of nitrogens with one attached hydrogen (secondary N) is 1. The van der Waals surface area contributed by atoms with Crippen LogP contribution < -0.4 is 0 Å². The summed E-state index contributed by atoms with van der Waals surface area (Å²) in [6, 6.07) is 0.724. The van der Waals surface area contributed by atoms with Crippen molar-refractivity contribution in [2.24, 2.45) is 23.2 Å². The van der Waals surface area contributed by atoms with Crippen LogP contribution in [0.1, 0.15) is 39.5 Å². The summed E-state index contributed by atoms with van der Waals surface area (Å²) in [5, 5.41) is 8.04. The van der Waals surface area contributed by atoms with E-state index < -0.39 is 0 Å². The minimum Gasteiger partial charge on any atom is -0.450 e. The molecule has 0 bridgehead atoms. The minimum atomic E-state index is -0.129. The molecule has 0 radical (unpaired) electrons. The predicted molar refractivity (Wildman–Crippen MR) is 88.7 cm³/mol. The van der Waals surface area contributed by atoms with E-state index in [0.29, 0.717) is 17.9 Å². The molecule has 1 amide bonds. The molecule has 128 valence electrons. The monoisotopic (exact) mass is 319 g/mol. The van der Waals surface area contributed by atoms with Gasteiger partial charge >= 0.3 is 6.09 Å². The van der Waals surface area contributed by atoms with E-state index in [9.17, 15) is 4.79 Å². The Morgan fingerprint density at radius 1 is 1.26 bits per heavy atom. The largest absolute Gasteiger partial charge is 0.450 e.